The molecule has 3 nitrogen and oxygen atoms in total. The Morgan fingerprint density at radius 2 is 2.13 bits per heavy atom. The van der Waals surface area contributed by atoms with E-state index >= 15 is 0 Å². The molecule has 0 aromatic heterocycles. The van der Waals surface area contributed by atoms with E-state index < -0.39 is 0 Å². The van der Waals surface area contributed by atoms with Crippen LogP contribution in [0.2, 0.25) is 0 Å². The minimum absolute atomic E-state index is 0.138. The lowest BCUT2D eigenvalue weighted by Gasteiger charge is -2.25. The quantitative estimate of drug-likeness (QED) is 0.814. The standard InChI is InChI=1S/C12H16O3/c1-14-11-4-2-10(3-5-11)12(8-13)6-7-15-9-12/h2-5,13H,6-9H2,1H3. The minimum Gasteiger partial charge on any atom is -0.497 e. The Morgan fingerprint density at radius 1 is 1.40 bits per heavy atom. The first-order chi connectivity index (χ1) is 7.30. The summed E-state index contributed by atoms with van der Waals surface area (Å²) in [6.45, 7) is 1.47. The number of benzene rings is 1. The first-order valence-electron chi connectivity index (χ1n) is 5.14. The smallest absolute Gasteiger partial charge is 0.118 e. The van der Waals surface area contributed by atoms with E-state index in [1.165, 1.54) is 0 Å². The average Bonchev–Trinajstić information content (AvgIpc) is 2.79. The zero-order chi connectivity index (χ0) is 10.7. The highest BCUT2D eigenvalue weighted by Gasteiger charge is 2.35. The van der Waals surface area contributed by atoms with Crippen molar-refractivity contribution in [2.75, 3.05) is 26.9 Å². The highest BCUT2D eigenvalue weighted by Crippen LogP contribution is 2.33. The highest BCUT2D eigenvalue weighted by atomic mass is 16.5. The topological polar surface area (TPSA) is 38.7 Å². The van der Waals surface area contributed by atoms with E-state index in [1.807, 2.05) is 24.3 Å². The molecule has 0 bridgehead atoms. The molecule has 3 heteroatoms. The van der Waals surface area contributed by atoms with Crippen molar-refractivity contribution in [2.45, 2.75) is 11.8 Å². The van der Waals surface area contributed by atoms with Gasteiger partial charge in [-0.1, -0.05) is 12.1 Å². The van der Waals surface area contributed by atoms with Gasteiger partial charge in [-0.2, -0.15) is 0 Å². The minimum atomic E-state index is -0.202. The van der Waals surface area contributed by atoms with Crippen molar-refractivity contribution < 1.29 is 14.6 Å². The molecule has 0 aliphatic carbocycles. The predicted octanol–water partition coefficient (Wildman–Crippen LogP) is 1.35. The van der Waals surface area contributed by atoms with Gasteiger partial charge in [0.25, 0.3) is 0 Å². The number of aliphatic hydroxyl groups excluding tert-OH is 1. The van der Waals surface area contributed by atoms with E-state index in [9.17, 15) is 5.11 Å². The second-order valence-electron chi connectivity index (χ2n) is 3.97. The fraction of sp³-hybridized carbons (Fsp3) is 0.500. The summed E-state index contributed by atoms with van der Waals surface area (Å²) < 4.78 is 10.5. The number of hydrogen-bond donors (Lipinski definition) is 1. The fourth-order valence-electron chi connectivity index (χ4n) is 2.00. The third-order valence-electron chi connectivity index (χ3n) is 3.11. The molecule has 1 saturated heterocycles. The van der Waals surface area contributed by atoms with E-state index in [-0.39, 0.29) is 12.0 Å². The Kier molecular flexibility index (Phi) is 2.93. The summed E-state index contributed by atoms with van der Waals surface area (Å²) in [4.78, 5) is 0. The molecule has 1 unspecified atom stereocenters. The summed E-state index contributed by atoms with van der Waals surface area (Å²) in [5, 5.41) is 9.49. The van der Waals surface area contributed by atoms with Gasteiger partial charge in [0.1, 0.15) is 5.75 Å². The van der Waals surface area contributed by atoms with Crippen molar-refractivity contribution in [3.05, 3.63) is 29.8 Å². The normalized spacial score (nSPS) is 25.5. The van der Waals surface area contributed by atoms with Gasteiger partial charge in [-0.3, -0.25) is 0 Å². The Morgan fingerprint density at radius 3 is 2.60 bits per heavy atom. The van der Waals surface area contributed by atoms with Gasteiger partial charge < -0.3 is 14.6 Å². The van der Waals surface area contributed by atoms with Gasteiger partial charge >= 0.3 is 0 Å². The Balaban J connectivity index is 2.26. The van der Waals surface area contributed by atoms with Crippen molar-refractivity contribution >= 4 is 0 Å². The molecule has 1 atom stereocenters. The Labute approximate surface area is 89.6 Å². The number of methoxy groups -OCH3 is 1. The second-order valence-corrected chi connectivity index (χ2v) is 3.97. The van der Waals surface area contributed by atoms with Crippen molar-refractivity contribution in [1.82, 2.24) is 0 Å². The zero-order valence-corrected chi connectivity index (χ0v) is 8.90. The zero-order valence-electron chi connectivity index (χ0n) is 8.90. The molecule has 0 saturated carbocycles. The van der Waals surface area contributed by atoms with Crippen LogP contribution in [0.3, 0.4) is 0 Å². The first kappa shape index (κ1) is 10.5. The molecule has 2 rings (SSSR count). The first-order valence-corrected chi connectivity index (χ1v) is 5.14. The third kappa shape index (κ3) is 1.85. The fourth-order valence-corrected chi connectivity index (χ4v) is 2.00. The Bertz CT molecular complexity index is 312. The van der Waals surface area contributed by atoms with E-state index in [4.69, 9.17) is 9.47 Å². The summed E-state index contributed by atoms with van der Waals surface area (Å²) in [5.74, 6) is 0.839. The largest absolute Gasteiger partial charge is 0.497 e. The number of rotatable bonds is 3. The van der Waals surface area contributed by atoms with Crippen LogP contribution in [0.4, 0.5) is 0 Å². The lowest BCUT2D eigenvalue weighted by atomic mass is 9.81. The number of ether oxygens (including phenoxy) is 2. The van der Waals surface area contributed by atoms with Gasteiger partial charge in [0.05, 0.1) is 20.3 Å². The summed E-state index contributed by atoms with van der Waals surface area (Å²) in [6, 6.07) is 7.85. The molecule has 15 heavy (non-hydrogen) atoms. The maximum atomic E-state index is 9.49. The van der Waals surface area contributed by atoms with Crippen LogP contribution >= 0.6 is 0 Å². The lowest BCUT2D eigenvalue weighted by molar-refractivity contribution is 0.140. The van der Waals surface area contributed by atoms with Crippen LogP contribution in [0.15, 0.2) is 24.3 Å². The van der Waals surface area contributed by atoms with Crippen LogP contribution in [0.1, 0.15) is 12.0 Å². The molecule has 82 valence electrons. The van der Waals surface area contributed by atoms with Crippen LogP contribution in [0, 0.1) is 0 Å². The summed E-state index contributed by atoms with van der Waals surface area (Å²) in [5.41, 5.74) is 0.926. The molecule has 1 aromatic carbocycles. The molecule has 0 radical (unpaired) electrons. The summed E-state index contributed by atoms with van der Waals surface area (Å²) in [6.07, 6.45) is 0.885. The molecule has 1 aliphatic heterocycles. The second kappa shape index (κ2) is 4.21. The van der Waals surface area contributed by atoms with Gasteiger partial charge in [0, 0.05) is 12.0 Å². The lowest BCUT2D eigenvalue weighted by Crippen LogP contribution is -2.30. The van der Waals surface area contributed by atoms with Crippen LogP contribution in [-0.2, 0) is 10.2 Å². The maximum Gasteiger partial charge on any atom is 0.118 e. The van der Waals surface area contributed by atoms with Crippen LogP contribution in [0.5, 0.6) is 5.75 Å². The molecule has 1 aliphatic rings. The van der Waals surface area contributed by atoms with Crippen LogP contribution < -0.4 is 4.74 Å². The molecular formula is C12H16O3. The van der Waals surface area contributed by atoms with E-state index in [2.05, 4.69) is 0 Å². The summed E-state index contributed by atoms with van der Waals surface area (Å²) in [7, 11) is 1.65. The molecule has 0 spiro atoms. The highest BCUT2D eigenvalue weighted by molar-refractivity contribution is 5.33. The molecule has 1 N–H and O–H groups in total. The van der Waals surface area contributed by atoms with Crippen molar-refractivity contribution in [1.29, 1.82) is 0 Å². The molecule has 1 fully saturated rings. The molecule has 1 heterocycles. The van der Waals surface area contributed by atoms with Crippen molar-refractivity contribution in [2.24, 2.45) is 0 Å². The van der Waals surface area contributed by atoms with Gasteiger partial charge in [-0.25, -0.2) is 0 Å². The van der Waals surface area contributed by atoms with Gasteiger partial charge in [0.2, 0.25) is 0 Å². The Hall–Kier alpha value is -1.06. The van der Waals surface area contributed by atoms with E-state index in [0.717, 1.165) is 24.3 Å². The van der Waals surface area contributed by atoms with Crippen LogP contribution in [0.25, 0.3) is 0 Å². The van der Waals surface area contributed by atoms with E-state index in [1.54, 1.807) is 7.11 Å². The predicted molar refractivity (Wildman–Crippen MR) is 57.2 cm³/mol. The number of aliphatic hydroxyl groups is 1. The average molecular weight is 208 g/mol. The SMILES string of the molecule is COc1ccc(C2(CO)CCOC2)cc1. The number of hydrogen-bond acceptors (Lipinski definition) is 3. The molecule has 0 amide bonds. The molecule has 1 aromatic rings. The van der Waals surface area contributed by atoms with Gasteiger partial charge in [-0.15, -0.1) is 0 Å². The monoisotopic (exact) mass is 208 g/mol. The third-order valence-corrected chi connectivity index (χ3v) is 3.11. The molecular weight excluding hydrogens is 192 g/mol. The van der Waals surface area contributed by atoms with Crippen molar-refractivity contribution in [3.8, 4) is 5.75 Å². The van der Waals surface area contributed by atoms with E-state index in [0.29, 0.717) is 6.61 Å². The summed E-state index contributed by atoms with van der Waals surface area (Å²) >= 11 is 0. The van der Waals surface area contributed by atoms with Gasteiger partial charge in [0.15, 0.2) is 0 Å². The van der Waals surface area contributed by atoms with Crippen LogP contribution in [-0.4, -0.2) is 32.0 Å². The maximum absolute atomic E-state index is 9.49. The van der Waals surface area contributed by atoms with Crippen molar-refractivity contribution in [3.63, 3.8) is 0 Å². The van der Waals surface area contributed by atoms with Gasteiger partial charge in [-0.05, 0) is 24.1 Å².